The Labute approximate surface area is 94.2 Å². The van der Waals surface area contributed by atoms with Gasteiger partial charge in [0.25, 0.3) is 0 Å². The first-order valence-corrected chi connectivity index (χ1v) is 6.84. The van der Waals surface area contributed by atoms with Crippen LogP contribution in [0.15, 0.2) is 0 Å². The molecule has 0 aromatic rings. The Balaban J connectivity index is 1.73. The lowest BCUT2D eigenvalue weighted by molar-refractivity contribution is 0.0346. The molecule has 84 valence electrons. The summed E-state index contributed by atoms with van der Waals surface area (Å²) in [6.45, 7) is 8.50. The molecular formula is C14H23N. The monoisotopic (exact) mass is 205 g/mol. The summed E-state index contributed by atoms with van der Waals surface area (Å²) in [7, 11) is 0. The maximum Gasteiger partial charge on any atom is 0.0152 e. The van der Waals surface area contributed by atoms with E-state index in [9.17, 15) is 0 Å². The molecule has 1 nitrogen and oxygen atoms in total. The van der Waals surface area contributed by atoms with Gasteiger partial charge in [0, 0.05) is 12.6 Å². The number of hydrogen-bond donors (Lipinski definition) is 0. The SMILES string of the molecule is [CH]C1CCN(C2C3CCCC2CCC3)C1. The molecule has 2 saturated carbocycles. The van der Waals surface area contributed by atoms with Crippen LogP contribution in [0, 0.1) is 24.7 Å². The molecule has 1 heterocycles. The normalized spacial score (nSPS) is 47.0. The van der Waals surface area contributed by atoms with Crippen molar-refractivity contribution in [2.24, 2.45) is 17.8 Å². The summed E-state index contributed by atoms with van der Waals surface area (Å²) < 4.78 is 0. The zero-order valence-electron chi connectivity index (χ0n) is 9.70. The van der Waals surface area contributed by atoms with Crippen LogP contribution < -0.4 is 0 Å². The van der Waals surface area contributed by atoms with Crippen LogP contribution in [0.4, 0.5) is 0 Å². The summed E-state index contributed by atoms with van der Waals surface area (Å²) in [5.74, 6) is 2.50. The van der Waals surface area contributed by atoms with Gasteiger partial charge in [0.1, 0.15) is 0 Å². The van der Waals surface area contributed by atoms with Crippen molar-refractivity contribution in [3.63, 3.8) is 0 Å². The molecule has 1 saturated heterocycles. The Morgan fingerprint density at radius 2 is 1.47 bits per heavy atom. The van der Waals surface area contributed by atoms with Gasteiger partial charge in [-0.2, -0.15) is 0 Å². The number of fused-ring (bicyclic) bond motifs is 2. The summed E-state index contributed by atoms with van der Waals surface area (Å²) in [6, 6.07) is 0.918. The first-order chi connectivity index (χ1) is 7.34. The number of rotatable bonds is 1. The smallest absolute Gasteiger partial charge is 0.0152 e. The lowest BCUT2D eigenvalue weighted by Crippen LogP contribution is -2.48. The Morgan fingerprint density at radius 1 is 0.867 bits per heavy atom. The maximum atomic E-state index is 6.04. The highest BCUT2D eigenvalue weighted by molar-refractivity contribution is 4.95. The predicted molar refractivity (Wildman–Crippen MR) is 62.5 cm³/mol. The maximum absolute atomic E-state index is 6.04. The van der Waals surface area contributed by atoms with Gasteiger partial charge in [-0.25, -0.2) is 0 Å². The second kappa shape index (κ2) is 4.08. The Morgan fingerprint density at radius 3 is 1.93 bits per heavy atom. The highest BCUT2D eigenvalue weighted by Crippen LogP contribution is 2.43. The van der Waals surface area contributed by atoms with Crippen molar-refractivity contribution in [2.45, 2.75) is 51.0 Å². The quantitative estimate of drug-likeness (QED) is 0.636. The van der Waals surface area contributed by atoms with E-state index in [2.05, 4.69) is 4.90 Å². The van der Waals surface area contributed by atoms with Gasteiger partial charge < -0.3 is 0 Å². The van der Waals surface area contributed by atoms with Crippen LogP contribution in [0.25, 0.3) is 0 Å². The number of nitrogens with zero attached hydrogens (tertiary/aromatic N) is 1. The van der Waals surface area contributed by atoms with Crippen LogP contribution >= 0.6 is 0 Å². The zero-order chi connectivity index (χ0) is 10.3. The Kier molecular flexibility index (Phi) is 2.76. The second-order valence-corrected chi connectivity index (χ2v) is 5.92. The van der Waals surface area contributed by atoms with Crippen molar-refractivity contribution >= 4 is 0 Å². The van der Waals surface area contributed by atoms with Crippen LogP contribution in [-0.4, -0.2) is 24.0 Å². The molecule has 1 unspecified atom stereocenters. The molecular weight excluding hydrogens is 182 g/mol. The van der Waals surface area contributed by atoms with Crippen molar-refractivity contribution in [3.05, 3.63) is 6.92 Å². The third-order valence-corrected chi connectivity index (χ3v) is 4.94. The summed E-state index contributed by atoms with van der Waals surface area (Å²) in [6.07, 6.45) is 10.2. The fraction of sp³-hybridized carbons (Fsp3) is 0.929. The van der Waals surface area contributed by atoms with Crippen molar-refractivity contribution in [3.8, 4) is 0 Å². The molecule has 0 spiro atoms. The van der Waals surface area contributed by atoms with E-state index >= 15 is 0 Å². The summed E-state index contributed by atoms with van der Waals surface area (Å²) in [4.78, 5) is 2.73. The highest BCUT2D eigenvalue weighted by Gasteiger charge is 2.41. The second-order valence-electron chi connectivity index (χ2n) is 5.92. The van der Waals surface area contributed by atoms with Crippen LogP contribution in [0.1, 0.15) is 44.9 Å². The first kappa shape index (κ1) is 10.1. The van der Waals surface area contributed by atoms with E-state index in [1.807, 2.05) is 0 Å². The molecule has 1 aliphatic heterocycles. The van der Waals surface area contributed by atoms with Gasteiger partial charge in [0.15, 0.2) is 0 Å². The molecule has 3 fully saturated rings. The van der Waals surface area contributed by atoms with Crippen LogP contribution in [0.5, 0.6) is 0 Å². The average molecular weight is 205 g/mol. The van der Waals surface area contributed by atoms with Crippen molar-refractivity contribution in [1.82, 2.24) is 4.90 Å². The minimum absolute atomic E-state index is 0.465. The lowest BCUT2D eigenvalue weighted by atomic mass is 9.68. The molecule has 1 heteroatoms. The van der Waals surface area contributed by atoms with Crippen LogP contribution in [-0.2, 0) is 0 Å². The molecule has 0 amide bonds. The molecule has 0 aromatic heterocycles. The van der Waals surface area contributed by atoms with E-state index < -0.39 is 0 Å². The summed E-state index contributed by atoms with van der Waals surface area (Å²) in [5, 5.41) is 0. The average Bonchev–Trinajstić information content (AvgIpc) is 2.63. The van der Waals surface area contributed by atoms with E-state index in [-0.39, 0.29) is 0 Å². The minimum Gasteiger partial charge on any atom is -0.300 e. The first-order valence-electron chi connectivity index (χ1n) is 6.84. The molecule has 0 aromatic carbocycles. The van der Waals surface area contributed by atoms with Gasteiger partial charge in [-0.05, 0) is 63.3 Å². The van der Waals surface area contributed by atoms with Crippen molar-refractivity contribution in [1.29, 1.82) is 0 Å². The number of hydrogen-bond acceptors (Lipinski definition) is 1. The third-order valence-electron chi connectivity index (χ3n) is 4.94. The van der Waals surface area contributed by atoms with Gasteiger partial charge in [-0.1, -0.05) is 12.8 Å². The third kappa shape index (κ3) is 1.84. The summed E-state index contributed by atoms with van der Waals surface area (Å²) in [5.41, 5.74) is 0. The molecule has 3 rings (SSSR count). The largest absolute Gasteiger partial charge is 0.300 e. The molecule has 1 atom stereocenters. The van der Waals surface area contributed by atoms with Crippen molar-refractivity contribution in [2.75, 3.05) is 13.1 Å². The van der Waals surface area contributed by atoms with Gasteiger partial charge in [-0.15, -0.1) is 0 Å². The molecule has 15 heavy (non-hydrogen) atoms. The molecule has 2 aliphatic carbocycles. The highest BCUT2D eigenvalue weighted by atomic mass is 15.2. The number of likely N-dealkylation sites (tertiary alicyclic amines) is 1. The molecule has 3 aliphatic rings. The van der Waals surface area contributed by atoms with Crippen LogP contribution in [0.3, 0.4) is 0 Å². The van der Waals surface area contributed by atoms with E-state index in [0.29, 0.717) is 5.92 Å². The van der Waals surface area contributed by atoms with E-state index in [4.69, 9.17) is 6.92 Å². The van der Waals surface area contributed by atoms with E-state index in [1.54, 1.807) is 0 Å². The predicted octanol–water partition coefficient (Wildman–Crippen LogP) is 2.99. The van der Waals surface area contributed by atoms with E-state index in [1.165, 1.54) is 58.0 Å². The molecule has 2 radical (unpaired) electrons. The topological polar surface area (TPSA) is 3.24 Å². The summed E-state index contributed by atoms with van der Waals surface area (Å²) >= 11 is 0. The van der Waals surface area contributed by atoms with Gasteiger partial charge in [0.2, 0.25) is 0 Å². The van der Waals surface area contributed by atoms with Gasteiger partial charge >= 0.3 is 0 Å². The van der Waals surface area contributed by atoms with Crippen LogP contribution in [0.2, 0.25) is 0 Å². The minimum atomic E-state index is 0.465. The Bertz CT molecular complexity index is 203. The van der Waals surface area contributed by atoms with Gasteiger partial charge in [-0.3, -0.25) is 4.90 Å². The molecule has 2 bridgehead atoms. The Hall–Kier alpha value is -0.0400. The standard InChI is InChI=1S/C14H23N/c1-11-8-9-15(10-11)14-12-4-2-5-13(14)7-3-6-12/h1,11-14H,2-10H2. The van der Waals surface area contributed by atoms with Crippen molar-refractivity contribution < 1.29 is 0 Å². The fourth-order valence-electron chi connectivity index (χ4n) is 4.32. The van der Waals surface area contributed by atoms with E-state index in [0.717, 1.165) is 17.9 Å². The fourth-order valence-corrected chi connectivity index (χ4v) is 4.32. The van der Waals surface area contributed by atoms with Gasteiger partial charge in [0.05, 0.1) is 0 Å². The lowest BCUT2D eigenvalue weighted by Gasteiger charge is -2.47. The zero-order valence-corrected chi connectivity index (χ0v) is 9.70. The molecule has 0 N–H and O–H groups in total.